The highest BCUT2D eigenvalue weighted by molar-refractivity contribution is 7.57. The van der Waals surface area contributed by atoms with Crippen LogP contribution in [-0.4, -0.2) is 45.7 Å². The Kier molecular flexibility index (Phi) is 10.0. The van der Waals surface area contributed by atoms with E-state index in [1.165, 1.54) is 24.2 Å². The fourth-order valence-corrected chi connectivity index (χ4v) is 2.36. The lowest BCUT2D eigenvalue weighted by molar-refractivity contribution is -0.138. The van der Waals surface area contributed by atoms with Crippen LogP contribution >= 0.6 is 18.7 Å². The van der Waals surface area contributed by atoms with Crippen molar-refractivity contribution < 1.29 is 24.2 Å². The van der Waals surface area contributed by atoms with Gasteiger partial charge in [-0.1, -0.05) is 0 Å². The first-order valence-corrected chi connectivity index (χ1v) is 8.63. The summed E-state index contributed by atoms with van der Waals surface area (Å²) < 4.78 is 10.6. The molecule has 9 nitrogen and oxygen atoms in total. The zero-order valence-electron chi connectivity index (χ0n) is 11.9. The number of primary amides is 1. The van der Waals surface area contributed by atoms with Gasteiger partial charge in [-0.15, -0.1) is 11.3 Å². The summed E-state index contributed by atoms with van der Waals surface area (Å²) in [5.41, 5.74) is 10.1. The van der Waals surface area contributed by atoms with Crippen molar-refractivity contribution in [2.45, 2.75) is 19.4 Å². The van der Waals surface area contributed by atoms with E-state index in [0.717, 1.165) is 5.01 Å². The molecule has 0 aliphatic heterocycles. The van der Waals surface area contributed by atoms with Crippen molar-refractivity contribution in [3.05, 3.63) is 16.1 Å². The predicted molar refractivity (Wildman–Crippen MR) is 81.2 cm³/mol. The largest absolute Gasteiger partial charge is 0.480 e. The van der Waals surface area contributed by atoms with E-state index in [1.807, 2.05) is 6.92 Å². The van der Waals surface area contributed by atoms with Crippen molar-refractivity contribution in [2.75, 3.05) is 12.8 Å². The fraction of sp³-hybridized carbons (Fsp3) is 0.500. The lowest BCUT2D eigenvalue weighted by atomic mass is 10.2. The number of carboxylic acids is 1. The highest BCUT2D eigenvalue weighted by Gasteiger charge is 2.16. The summed E-state index contributed by atoms with van der Waals surface area (Å²) in [6.45, 7) is 3.01. The minimum absolute atomic E-state index is 0. The molecule has 9 N–H and O–H groups in total. The molecule has 2 unspecified atom stereocenters. The first kappa shape index (κ1) is 22.0. The summed E-state index contributed by atoms with van der Waals surface area (Å²) in [6.07, 6.45) is 1.49. The zero-order valence-corrected chi connectivity index (χ0v) is 13.6. The lowest BCUT2D eigenvalue weighted by Gasteiger charge is -2.07. The van der Waals surface area contributed by atoms with Gasteiger partial charge in [-0.05, 0) is 13.3 Å². The molecule has 0 saturated heterocycles. The summed E-state index contributed by atoms with van der Waals surface area (Å²) in [6, 6.07) is -1.03. The van der Waals surface area contributed by atoms with Crippen LogP contribution in [0.15, 0.2) is 6.20 Å². The number of aliphatic carboxylic acids is 1. The third kappa shape index (κ3) is 11.1. The summed E-state index contributed by atoms with van der Waals surface area (Å²) in [5.74, 6) is -1.54. The molecule has 0 radical (unpaired) electrons. The summed E-state index contributed by atoms with van der Waals surface area (Å²) in [7, 11) is -3.10. The normalized spacial score (nSPS) is 13.9. The number of nitrogens with zero attached hydrogens (tertiary/aromatic N) is 1. The van der Waals surface area contributed by atoms with E-state index in [2.05, 4.69) is 4.98 Å². The Balaban J connectivity index is 0. The maximum absolute atomic E-state index is 10.6. The minimum Gasteiger partial charge on any atom is -0.480 e. The number of carboxylic acid groups (broad SMARTS) is 1. The summed E-state index contributed by atoms with van der Waals surface area (Å²) in [5, 5.41) is 9.15. The molecule has 1 aromatic heterocycles. The molecule has 0 aliphatic carbocycles. The zero-order chi connectivity index (χ0) is 15.9. The van der Waals surface area contributed by atoms with E-state index in [9.17, 15) is 14.2 Å². The number of hydrogen-bond donors (Lipinski definition) is 5. The van der Waals surface area contributed by atoms with Crippen molar-refractivity contribution in [1.29, 1.82) is 0 Å². The Morgan fingerprint density at radius 1 is 1.52 bits per heavy atom. The van der Waals surface area contributed by atoms with Crippen molar-refractivity contribution in [2.24, 2.45) is 11.5 Å². The predicted octanol–water partition coefficient (Wildman–Crippen LogP) is 0.401. The molecule has 2 atom stereocenters. The van der Waals surface area contributed by atoms with Gasteiger partial charge < -0.3 is 27.6 Å². The van der Waals surface area contributed by atoms with Gasteiger partial charge in [0.1, 0.15) is 10.9 Å². The van der Waals surface area contributed by atoms with Gasteiger partial charge in [0.2, 0.25) is 0 Å². The number of aryl methyl sites for hydroxylation is 1. The average molecular weight is 340 g/mol. The Labute approximate surface area is 126 Å². The van der Waals surface area contributed by atoms with Crippen molar-refractivity contribution in [3.8, 4) is 0 Å². The fourth-order valence-electron chi connectivity index (χ4n) is 0.977. The van der Waals surface area contributed by atoms with Gasteiger partial charge in [-0.2, -0.15) is 0 Å². The number of rotatable bonds is 5. The molecule has 0 aliphatic rings. The van der Waals surface area contributed by atoms with E-state index in [4.69, 9.17) is 21.5 Å². The van der Waals surface area contributed by atoms with E-state index in [1.54, 1.807) is 0 Å². The summed E-state index contributed by atoms with van der Waals surface area (Å²) in [4.78, 5) is 33.7. The quantitative estimate of drug-likeness (QED) is 0.475. The molecule has 1 heterocycles. The van der Waals surface area contributed by atoms with Crippen LogP contribution in [0.5, 0.6) is 0 Å². The molecule has 0 spiro atoms. The van der Waals surface area contributed by atoms with Gasteiger partial charge in [0, 0.05) is 12.8 Å². The number of nitrogens with two attached hydrogens (primary N) is 2. The number of thiazole rings is 1. The number of carbonyl (C=O) groups excluding carboxylic acids is 1. The van der Waals surface area contributed by atoms with E-state index < -0.39 is 25.3 Å². The Hall–Kier alpha value is -1.32. The Morgan fingerprint density at radius 2 is 2.05 bits per heavy atom. The first-order chi connectivity index (χ1) is 9.03. The molecule has 1 rings (SSSR count). The van der Waals surface area contributed by atoms with Crippen LogP contribution < -0.4 is 17.6 Å². The molecule has 0 saturated carbocycles. The number of aromatic nitrogens is 1. The molecular formula is C10H21N4O5PS. The Morgan fingerprint density at radius 3 is 2.29 bits per heavy atom. The maximum atomic E-state index is 10.6. The molecule has 0 bridgehead atoms. The van der Waals surface area contributed by atoms with E-state index in [-0.39, 0.29) is 18.7 Å². The van der Waals surface area contributed by atoms with Gasteiger partial charge in [-0.3, -0.25) is 14.2 Å². The van der Waals surface area contributed by atoms with E-state index >= 15 is 0 Å². The maximum Gasteiger partial charge on any atom is 0.320 e. The molecule has 0 aromatic carbocycles. The topological polar surface area (TPSA) is 192 Å². The SMILES string of the molecule is CP(=O)(O)CCC(N)C(=O)O.Cc1ncc(C(N)=O)s1.N. The second kappa shape index (κ2) is 9.59. The molecular weight excluding hydrogens is 319 g/mol. The number of hydrogen-bond acceptors (Lipinski definition) is 7. The van der Waals surface area contributed by atoms with E-state index in [0.29, 0.717) is 4.88 Å². The van der Waals surface area contributed by atoms with Crippen LogP contribution in [0.25, 0.3) is 0 Å². The van der Waals surface area contributed by atoms with Gasteiger partial charge in [0.15, 0.2) is 7.37 Å². The van der Waals surface area contributed by atoms with Gasteiger partial charge >= 0.3 is 5.97 Å². The molecule has 1 amide bonds. The standard InChI is InChI=1S/C5H6N2OS.C5H12NO4P.H3N/c1-3-7-2-4(9-3)5(6)8;1-11(9,10)3-2-4(6)5(7)8;/h2H,1H3,(H2,6,8);4H,2-3,6H2,1H3,(H,7,8)(H,9,10);1H3. The first-order valence-electron chi connectivity index (χ1n) is 5.53. The minimum atomic E-state index is -3.10. The van der Waals surface area contributed by atoms with Gasteiger partial charge in [0.05, 0.1) is 11.2 Å². The van der Waals surface area contributed by atoms with Gasteiger partial charge in [-0.25, -0.2) is 4.98 Å². The lowest BCUT2D eigenvalue weighted by Crippen LogP contribution is -2.30. The second-order valence-corrected chi connectivity index (χ2v) is 7.90. The van der Waals surface area contributed by atoms with Crippen LogP contribution in [-0.2, 0) is 9.36 Å². The molecule has 1 aromatic rings. The number of carbonyl (C=O) groups is 2. The number of amides is 1. The van der Waals surface area contributed by atoms with Crippen LogP contribution in [0.3, 0.4) is 0 Å². The van der Waals surface area contributed by atoms with Crippen molar-refractivity contribution >= 4 is 30.6 Å². The monoisotopic (exact) mass is 340 g/mol. The van der Waals surface area contributed by atoms with Crippen LogP contribution in [0.1, 0.15) is 21.1 Å². The molecule has 0 fully saturated rings. The van der Waals surface area contributed by atoms with Crippen LogP contribution in [0.2, 0.25) is 0 Å². The smallest absolute Gasteiger partial charge is 0.320 e. The summed E-state index contributed by atoms with van der Waals surface area (Å²) >= 11 is 1.31. The van der Waals surface area contributed by atoms with Gasteiger partial charge in [0.25, 0.3) is 5.91 Å². The third-order valence-corrected chi connectivity index (χ3v) is 4.05. The highest BCUT2D eigenvalue weighted by atomic mass is 32.1. The highest BCUT2D eigenvalue weighted by Crippen LogP contribution is 2.35. The van der Waals surface area contributed by atoms with Crippen molar-refractivity contribution in [1.82, 2.24) is 11.1 Å². The van der Waals surface area contributed by atoms with Crippen LogP contribution in [0.4, 0.5) is 0 Å². The molecule has 21 heavy (non-hydrogen) atoms. The second-order valence-electron chi connectivity index (χ2n) is 4.12. The molecule has 11 heteroatoms. The van der Waals surface area contributed by atoms with Crippen molar-refractivity contribution in [3.63, 3.8) is 0 Å². The molecule has 122 valence electrons. The van der Waals surface area contributed by atoms with Crippen LogP contribution in [0, 0.1) is 6.92 Å². The third-order valence-electron chi connectivity index (χ3n) is 2.04. The average Bonchev–Trinajstić information content (AvgIpc) is 2.72. The Bertz CT molecular complexity index is 515.